The van der Waals surface area contributed by atoms with Crippen molar-refractivity contribution in [1.29, 1.82) is 0 Å². The van der Waals surface area contributed by atoms with E-state index in [1.54, 1.807) is 0 Å². The van der Waals surface area contributed by atoms with E-state index >= 15 is 0 Å². The molecule has 3 rings (SSSR count). The van der Waals surface area contributed by atoms with Crippen LogP contribution in [0.2, 0.25) is 0 Å². The van der Waals surface area contributed by atoms with Crippen molar-refractivity contribution in [1.82, 2.24) is 5.32 Å². The lowest BCUT2D eigenvalue weighted by Gasteiger charge is -2.18. The monoisotopic (exact) mass is 272 g/mol. The molecule has 0 radical (unpaired) electrons. The largest absolute Gasteiger partial charge is 0.321 e. The van der Waals surface area contributed by atoms with Crippen molar-refractivity contribution in [2.24, 2.45) is 0 Å². The van der Waals surface area contributed by atoms with Gasteiger partial charge in [0.2, 0.25) is 0 Å². The van der Waals surface area contributed by atoms with Crippen LogP contribution in [0.4, 0.5) is 5.69 Å². The molecule has 2 N–H and O–H groups in total. The van der Waals surface area contributed by atoms with Gasteiger partial charge in [-0.3, -0.25) is 4.79 Å². The lowest BCUT2D eigenvalue weighted by atomic mass is 10.0. The number of nitrogens with one attached hydrogen (secondary N) is 2. The first-order chi connectivity index (χ1) is 9.24. The van der Waals surface area contributed by atoms with Crippen LogP contribution in [0.25, 0.3) is 0 Å². The second kappa shape index (κ2) is 5.15. The summed E-state index contributed by atoms with van der Waals surface area (Å²) in [5, 5.41) is 8.27. The first-order valence-electron chi connectivity index (χ1n) is 6.42. The summed E-state index contributed by atoms with van der Waals surface area (Å²) in [6.07, 6.45) is 1.06. The van der Waals surface area contributed by atoms with Crippen LogP contribution >= 0.6 is 11.3 Å². The summed E-state index contributed by atoms with van der Waals surface area (Å²) in [7, 11) is 0. The predicted octanol–water partition coefficient (Wildman–Crippen LogP) is 2.95. The Balaban J connectivity index is 1.80. The third-order valence-electron chi connectivity index (χ3n) is 3.42. The molecule has 1 aliphatic heterocycles. The summed E-state index contributed by atoms with van der Waals surface area (Å²) in [5.41, 5.74) is 4.57. The number of thiophene rings is 1. The van der Waals surface area contributed by atoms with Crippen LogP contribution < -0.4 is 10.6 Å². The molecule has 0 fully saturated rings. The number of fused-ring (bicyclic) bond motifs is 1. The van der Waals surface area contributed by atoms with Gasteiger partial charge in [0.25, 0.3) is 5.91 Å². The Morgan fingerprint density at radius 1 is 1.32 bits per heavy atom. The van der Waals surface area contributed by atoms with Crippen molar-refractivity contribution in [3.63, 3.8) is 0 Å². The van der Waals surface area contributed by atoms with Crippen molar-refractivity contribution in [3.05, 3.63) is 51.2 Å². The van der Waals surface area contributed by atoms with Crippen LogP contribution in [0, 0.1) is 6.92 Å². The molecule has 0 saturated carbocycles. The molecule has 0 saturated heterocycles. The average Bonchev–Trinajstić information content (AvgIpc) is 2.85. The van der Waals surface area contributed by atoms with E-state index in [1.807, 2.05) is 24.4 Å². The molecule has 2 aromatic rings. The number of amides is 1. The minimum Gasteiger partial charge on any atom is -0.321 e. The fourth-order valence-electron chi connectivity index (χ4n) is 2.35. The Kier molecular flexibility index (Phi) is 3.36. The molecule has 2 heterocycles. The highest BCUT2D eigenvalue weighted by Gasteiger charge is 2.13. The zero-order valence-electron chi connectivity index (χ0n) is 10.8. The first kappa shape index (κ1) is 12.4. The predicted molar refractivity (Wildman–Crippen MR) is 78.9 cm³/mol. The highest BCUT2D eigenvalue weighted by atomic mass is 32.1. The van der Waals surface area contributed by atoms with E-state index < -0.39 is 0 Å². The molecule has 0 spiro atoms. The fourth-order valence-corrected chi connectivity index (χ4v) is 3.17. The summed E-state index contributed by atoms with van der Waals surface area (Å²) in [6.45, 7) is 3.88. The third-order valence-corrected chi connectivity index (χ3v) is 4.43. The summed E-state index contributed by atoms with van der Waals surface area (Å²) < 4.78 is 0. The van der Waals surface area contributed by atoms with Crippen LogP contribution in [0.3, 0.4) is 0 Å². The Morgan fingerprint density at radius 2 is 2.21 bits per heavy atom. The molecule has 4 heteroatoms. The molecule has 3 nitrogen and oxygen atoms in total. The minimum atomic E-state index is -0.0174. The van der Waals surface area contributed by atoms with Gasteiger partial charge >= 0.3 is 0 Å². The van der Waals surface area contributed by atoms with Crippen LogP contribution in [-0.4, -0.2) is 12.5 Å². The fraction of sp³-hybridized carbons (Fsp3) is 0.267. The Labute approximate surface area is 116 Å². The number of carbonyl (C=O) groups is 1. The molecule has 0 atom stereocenters. The van der Waals surface area contributed by atoms with Crippen molar-refractivity contribution in [2.45, 2.75) is 19.9 Å². The van der Waals surface area contributed by atoms with E-state index in [9.17, 15) is 4.79 Å². The number of hydrogen-bond acceptors (Lipinski definition) is 3. The molecule has 1 aromatic heterocycles. The number of benzene rings is 1. The molecule has 0 aliphatic carbocycles. The van der Waals surface area contributed by atoms with Gasteiger partial charge in [0.05, 0.1) is 4.88 Å². The van der Waals surface area contributed by atoms with E-state index in [-0.39, 0.29) is 5.91 Å². The maximum atomic E-state index is 12.1. The van der Waals surface area contributed by atoms with Gasteiger partial charge in [0, 0.05) is 12.2 Å². The van der Waals surface area contributed by atoms with Gasteiger partial charge in [-0.25, -0.2) is 0 Å². The van der Waals surface area contributed by atoms with Crippen LogP contribution in [0.15, 0.2) is 29.6 Å². The second-order valence-corrected chi connectivity index (χ2v) is 5.71. The third kappa shape index (κ3) is 2.55. The zero-order chi connectivity index (χ0) is 13.2. The van der Waals surface area contributed by atoms with Gasteiger partial charge in [0.1, 0.15) is 0 Å². The Bertz CT molecular complexity index is 618. The SMILES string of the molecule is Cc1ccsc1C(=O)Nc1ccc2c(c1)CNCC2. The number of aryl methyl sites for hydroxylation is 1. The molecule has 1 amide bonds. The van der Waals surface area contributed by atoms with Gasteiger partial charge in [-0.2, -0.15) is 0 Å². The van der Waals surface area contributed by atoms with Gasteiger partial charge in [-0.05, 0) is 60.2 Å². The molecule has 0 bridgehead atoms. The normalized spacial score (nSPS) is 13.9. The second-order valence-electron chi connectivity index (χ2n) is 4.80. The highest BCUT2D eigenvalue weighted by molar-refractivity contribution is 7.12. The molecule has 1 aromatic carbocycles. The van der Waals surface area contributed by atoms with Gasteiger partial charge < -0.3 is 10.6 Å². The number of rotatable bonds is 2. The summed E-state index contributed by atoms with van der Waals surface area (Å²) in [6, 6.07) is 8.15. The maximum absolute atomic E-state index is 12.1. The lowest BCUT2D eigenvalue weighted by Crippen LogP contribution is -2.23. The number of hydrogen-bond donors (Lipinski definition) is 2. The van der Waals surface area contributed by atoms with Gasteiger partial charge in [-0.1, -0.05) is 6.07 Å². The van der Waals surface area contributed by atoms with E-state index in [1.165, 1.54) is 22.5 Å². The van der Waals surface area contributed by atoms with Crippen LogP contribution in [0.5, 0.6) is 0 Å². The van der Waals surface area contributed by atoms with Gasteiger partial charge in [0.15, 0.2) is 0 Å². The molecular weight excluding hydrogens is 256 g/mol. The van der Waals surface area contributed by atoms with E-state index in [0.29, 0.717) is 0 Å². The van der Waals surface area contributed by atoms with E-state index in [4.69, 9.17) is 0 Å². The topological polar surface area (TPSA) is 41.1 Å². The Morgan fingerprint density at radius 3 is 3.00 bits per heavy atom. The van der Waals surface area contributed by atoms with E-state index in [2.05, 4.69) is 22.8 Å². The Hall–Kier alpha value is -1.65. The first-order valence-corrected chi connectivity index (χ1v) is 7.30. The zero-order valence-corrected chi connectivity index (χ0v) is 11.6. The lowest BCUT2D eigenvalue weighted by molar-refractivity contribution is 0.103. The smallest absolute Gasteiger partial charge is 0.265 e. The van der Waals surface area contributed by atoms with E-state index in [0.717, 1.165) is 35.6 Å². The number of anilines is 1. The van der Waals surface area contributed by atoms with Crippen molar-refractivity contribution < 1.29 is 4.79 Å². The standard InChI is InChI=1S/C15H16N2OS/c1-10-5-7-19-14(10)15(18)17-13-3-2-11-4-6-16-9-12(11)8-13/h2-3,5,7-8,16H,4,6,9H2,1H3,(H,17,18). The minimum absolute atomic E-state index is 0.0174. The summed E-state index contributed by atoms with van der Waals surface area (Å²) in [4.78, 5) is 12.9. The summed E-state index contributed by atoms with van der Waals surface area (Å²) >= 11 is 1.48. The maximum Gasteiger partial charge on any atom is 0.265 e. The summed E-state index contributed by atoms with van der Waals surface area (Å²) in [5.74, 6) is -0.0174. The molecule has 19 heavy (non-hydrogen) atoms. The van der Waals surface area contributed by atoms with Crippen molar-refractivity contribution in [2.75, 3.05) is 11.9 Å². The quantitative estimate of drug-likeness (QED) is 0.882. The van der Waals surface area contributed by atoms with Crippen LogP contribution in [-0.2, 0) is 13.0 Å². The average molecular weight is 272 g/mol. The highest BCUT2D eigenvalue weighted by Crippen LogP contribution is 2.21. The van der Waals surface area contributed by atoms with Gasteiger partial charge in [-0.15, -0.1) is 11.3 Å². The molecule has 1 aliphatic rings. The molecular formula is C15H16N2OS. The van der Waals surface area contributed by atoms with Crippen LogP contribution in [0.1, 0.15) is 26.4 Å². The van der Waals surface area contributed by atoms with Crippen molar-refractivity contribution in [3.8, 4) is 0 Å². The molecule has 0 unspecified atom stereocenters. The number of carbonyl (C=O) groups excluding carboxylic acids is 1. The van der Waals surface area contributed by atoms with Crippen molar-refractivity contribution >= 4 is 22.9 Å². The molecule has 98 valence electrons.